The molecule has 2 aromatic carbocycles. The predicted octanol–water partition coefficient (Wildman–Crippen LogP) is 2.58. The molecule has 7 heteroatoms. The maximum Gasteiger partial charge on any atom is 0.261 e. The lowest BCUT2D eigenvalue weighted by molar-refractivity contribution is -0.114. The standard InChI is InChI=1S/C14H13FN2O3S/c1-10(18)16-11-6-8-12(9-7-11)21(19,20)17-14-5-3-2-4-13(14)15/h2-9,17H,1H3,(H,16,18). The molecule has 0 radical (unpaired) electrons. The first-order valence-corrected chi connectivity index (χ1v) is 7.52. The van der Waals surface area contributed by atoms with Gasteiger partial charge < -0.3 is 5.32 Å². The molecule has 0 heterocycles. The van der Waals surface area contributed by atoms with E-state index in [2.05, 4.69) is 10.0 Å². The number of amides is 1. The maximum atomic E-state index is 13.5. The molecule has 0 unspecified atom stereocenters. The van der Waals surface area contributed by atoms with Gasteiger partial charge in [0.15, 0.2) is 0 Å². The van der Waals surface area contributed by atoms with Crippen molar-refractivity contribution in [2.75, 3.05) is 10.0 Å². The van der Waals surface area contributed by atoms with Gasteiger partial charge in [-0.05, 0) is 36.4 Å². The minimum atomic E-state index is -3.88. The number of benzene rings is 2. The van der Waals surface area contributed by atoms with Crippen molar-refractivity contribution in [1.82, 2.24) is 0 Å². The summed E-state index contributed by atoms with van der Waals surface area (Å²) >= 11 is 0. The minimum Gasteiger partial charge on any atom is -0.326 e. The van der Waals surface area contributed by atoms with Gasteiger partial charge in [-0.25, -0.2) is 12.8 Å². The lowest BCUT2D eigenvalue weighted by Gasteiger charge is -2.09. The van der Waals surface area contributed by atoms with E-state index < -0.39 is 15.8 Å². The van der Waals surface area contributed by atoms with E-state index >= 15 is 0 Å². The van der Waals surface area contributed by atoms with Gasteiger partial charge in [-0.1, -0.05) is 12.1 Å². The summed E-state index contributed by atoms with van der Waals surface area (Å²) in [6.45, 7) is 1.35. The quantitative estimate of drug-likeness (QED) is 0.911. The fourth-order valence-corrected chi connectivity index (χ4v) is 2.74. The van der Waals surface area contributed by atoms with Crippen molar-refractivity contribution in [2.24, 2.45) is 0 Å². The summed E-state index contributed by atoms with van der Waals surface area (Å²) in [7, 11) is -3.88. The third kappa shape index (κ3) is 3.79. The van der Waals surface area contributed by atoms with Gasteiger partial charge >= 0.3 is 0 Å². The molecule has 0 atom stereocenters. The number of sulfonamides is 1. The van der Waals surface area contributed by atoms with Crippen LogP contribution in [0.15, 0.2) is 53.4 Å². The summed E-state index contributed by atoms with van der Waals surface area (Å²) < 4.78 is 39.9. The Morgan fingerprint density at radius 1 is 1.05 bits per heavy atom. The monoisotopic (exact) mass is 308 g/mol. The highest BCUT2D eigenvalue weighted by Crippen LogP contribution is 2.20. The van der Waals surface area contributed by atoms with Gasteiger partial charge in [-0.15, -0.1) is 0 Å². The van der Waals surface area contributed by atoms with E-state index in [1.54, 1.807) is 0 Å². The van der Waals surface area contributed by atoms with Crippen molar-refractivity contribution >= 4 is 27.3 Å². The lowest BCUT2D eigenvalue weighted by atomic mass is 10.3. The summed E-state index contributed by atoms with van der Waals surface area (Å²) in [5, 5.41) is 2.53. The topological polar surface area (TPSA) is 75.3 Å². The summed E-state index contributed by atoms with van der Waals surface area (Å²) in [4.78, 5) is 10.9. The van der Waals surface area contributed by atoms with Gasteiger partial charge in [0, 0.05) is 12.6 Å². The number of halogens is 1. The van der Waals surface area contributed by atoms with Crippen LogP contribution in [0.1, 0.15) is 6.92 Å². The molecule has 0 aromatic heterocycles. The number of nitrogens with one attached hydrogen (secondary N) is 2. The number of rotatable bonds is 4. The van der Waals surface area contributed by atoms with Crippen molar-refractivity contribution in [2.45, 2.75) is 11.8 Å². The van der Waals surface area contributed by atoms with Crippen molar-refractivity contribution in [3.05, 3.63) is 54.3 Å². The summed E-state index contributed by atoms with van der Waals surface area (Å²) in [5.41, 5.74) is 0.357. The SMILES string of the molecule is CC(=O)Nc1ccc(S(=O)(=O)Nc2ccccc2F)cc1. The van der Waals surface area contributed by atoms with Crippen LogP contribution in [0.3, 0.4) is 0 Å². The van der Waals surface area contributed by atoms with Gasteiger partial charge in [-0.3, -0.25) is 9.52 Å². The molecule has 0 fully saturated rings. The van der Waals surface area contributed by atoms with E-state index in [0.29, 0.717) is 5.69 Å². The van der Waals surface area contributed by atoms with Gasteiger partial charge in [0.25, 0.3) is 10.0 Å². The Labute approximate surface area is 121 Å². The Morgan fingerprint density at radius 3 is 2.24 bits per heavy atom. The van der Waals surface area contributed by atoms with E-state index in [9.17, 15) is 17.6 Å². The molecule has 5 nitrogen and oxygen atoms in total. The average Bonchev–Trinajstić information content (AvgIpc) is 2.41. The molecule has 1 amide bonds. The van der Waals surface area contributed by atoms with Crippen LogP contribution in [-0.2, 0) is 14.8 Å². The zero-order valence-corrected chi connectivity index (χ0v) is 11.9. The smallest absolute Gasteiger partial charge is 0.261 e. The Morgan fingerprint density at radius 2 is 1.67 bits per heavy atom. The Bertz CT molecular complexity index is 758. The second-order valence-electron chi connectivity index (χ2n) is 4.29. The van der Waals surface area contributed by atoms with E-state index in [0.717, 1.165) is 6.07 Å². The van der Waals surface area contributed by atoms with E-state index in [1.165, 1.54) is 49.4 Å². The predicted molar refractivity (Wildman–Crippen MR) is 78.0 cm³/mol. The second-order valence-corrected chi connectivity index (χ2v) is 5.97. The maximum absolute atomic E-state index is 13.5. The van der Waals surface area contributed by atoms with Crippen LogP contribution in [0.25, 0.3) is 0 Å². The molecule has 110 valence electrons. The normalized spacial score (nSPS) is 11.0. The number of carbonyl (C=O) groups excluding carboxylic acids is 1. The molecule has 2 N–H and O–H groups in total. The number of para-hydroxylation sites is 1. The first-order valence-electron chi connectivity index (χ1n) is 6.03. The summed E-state index contributed by atoms with van der Waals surface area (Å²) in [6.07, 6.45) is 0. The fourth-order valence-electron chi connectivity index (χ4n) is 1.67. The molecule has 0 aliphatic heterocycles. The van der Waals surface area contributed by atoms with Crippen LogP contribution in [-0.4, -0.2) is 14.3 Å². The minimum absolute atomic E-state index is 0.0279. The number of hydrogen-bond donors (Lipinski definition) is 2. The molecule has 2 rings (SSSR count). The highest BCUT2D eigenvalue weighted by Gasteiger charge is 2.15. The molecule has 0 aliphatic rings. The van der Waals surface area contributed by atoms with Crippen LogP contribution in [0, 0.1) is 5.82 Å². The van der Waals surface area contributed by atoms with Gasteiger partial charge in [0.2, 0.25) is 5.91 Å². The molecule has 0 saturated carbocycles. The molecular weight excluding hydrogens is 295 g/mol. The van der Waals surface area contributed by atoms with E-state index in [1.807, 2.05) is 0 Å². The Kier molecular flexibility index (Phi) is 4.23. The molecule has 21 heavy (non-hydrogen) atoms. The molecule has 0 saturated heterocycles. The van der Waals surface area contributed by atoms with Crippen LogP contribution in [0.4, 0.5) is 15.8 Å². The van der Waals surface area contributed by atoms with Crippen LogP contribution in [0.2, 0.25) is 0 Å². The Balaban J connectivity index is 2.24. The summed E-state index contributed by atoms with van der Waals surface area (Å²) in [5.74, 6) is -0.911. The van der Waals surface area contributed by atoms with Crippen LogP contribution in [0.5, 0.6) is 0 Å². The largest absolute Gasteiger partial charge is 0.326 e. The number of anilines is 2. The van der Waals surface area contributed by atoms with E-state index in [-0.39, 0.29) is 16.5 Å². The molecule has 0 spiro atoms. The Hall–Kier alpha value is -2.41. The van der Waals surface area contributed by atoms with Gasteiger partial charge in [0.05, 0.1) is 10.6 Å². The van der Waals surface area contributed by atoms with Gasteiger partial charge in [-0.2, -0.15) is 0 Å². The number of hydrogen-bond acceptors (Lipinski definition) is 3. The zero-order chi connectivity index (χ0) is 15.5. The summed E-state index contributed by atoms with van der Waals surface area (Å²) in [6, 6.07) is 11.1. The van der Waals surface area contributed by atoms with Crippen molar-refractivity contribution < 1.29 is 17.6 Å². The molecular formula is C14H13FN2O3S. The highest BCUT2D eigenvalue weighted by atomic mass is 32.2. The zero-order valence-electron chi connectivity index (χ0n) is 11.1. The van der Waals surface area contributed by atoms with Gasteiger partial charge in [0.1, 0.15) is 5.82 Å². The second kappa shape index (κ2) is 5.92. The molecule has 2 aromatic rings. The van der Waals surface area contributed by atoms with Crippen LogP contribution >= 0.6 is 0 Å². The van der Waals surface area contributed by atoms with E-state index in [4.69, 9.17) is 0 Å². The first kappa shape index (κ1) is 15.0. The third-order valence-electron chi connectivity index (χ3n) is 2.60. The number of carbonyl (C=O) groups is 1. The third-order valence-corrected chi connectivity index (χ3v) is 3.98. The fraction of sp³-hybridized carbons (Fsp3) is 0.0714. The highest BCUT2D eigenvalue weighted by molar-refractivity contribution is 7.92. The van der Waals surface area contributed by atoms with Crippen molar-refractivity contribution in [3.63, 3.8) is 0 Å². The first-order chi connectivity index (χ1) is 9.88. The van der Waals surface area contributed by atoms with Crippen LogP contribution < -0.4 is 10.0 Å². The average molecular weight is 308 g/mol. The molecule has 0 aliphatic carbocycles. The van der Waals surface area contributed by atoms with Crippen molar-refractivity contribution in [1.29, 1.82) is 0 Å². The van der Waals surface area contributed by atoms with Crippen molar-refractivity contribution in [3.8, 4) is 0 Å². The molecule has 0 bridgehead atoms. The lowest BCUT2D eigenvalue weighted by Crippen LogP contribution is -2.14.